The number of piperazine rings is 1. The number of amides is 4. The van der Waals surface area contributed by atoms with E-state index < -0.39 is 28.4 Å². The number of nitrogens with one attached hydrogen (secondary N) is 1. The van der Waals surface area contributed by atoms with Gasteiger partial charge in [-0.25, -0.2) is 19.7 Å². The van der Waals surface area contributed by atoms with Crippen LogP contribution in [-0.2, 0) is 10.4 Å². The highest BCUT2D eigenvalue weighted by molar-refractivity contribution is 6.05. The lowest BCUT2D eigenvalue weighted by atomic mass is 9.43. The van der Waals surface area contributed by atoms with Crippen LogP contribution in [0.15, 0.2) is 48.9 Å². The minimum Gasteiger partial charge on any atom is -0.495 e. The molecule has 304 valence electrons. The number of primary amides is 1. The summed E-state index contributed by atoms with van der Waals surface area (Å²) < 4.78 is 14.3. The summed E-state index contributed by atoms with van der Waals surface area (Å²) in [5, 5.41) is 12.0. The number of carbonyl (C=O) groups is 3. The first-order chi connectivity index (χ1) is 27.7. The van der Waals surface area contributed by atoms with Gasteiger partial charge in [0.25, 0.3) is 5.91 Å². The fraction of sp³-hybridized carbons (Fsp3) is 0.500. The SMILES string of the molecule is COc1cc(OC2(c3nc(N4CCC(CN5CCN(c6ccn7c(N8CCC(=O)NC8=O)cnc7c6)CC5)CC4)cnc3C(N)=O)C(C)(C)CC2(C)C)ccc1C#N. The van der Waals surface area contributed by atoms with E-state index in [1.54, 1.807) is 35.5 Å². The van der Waals surface area contributed by atoms with Gasteiger partial charge in [0.05, 0.1) is 25.1 Å². The highest BCUT2D eigenvalue weighted by atomic mass is 16.5. The molecule has 58 heavy (non-hydrogen) atoms. The third kappa shape index (κ3) is 6.70. The second-order valence-corrected chi connectivity index (χ2v) is 17.2. The number of nitrogens with two attached hydrogens (primary N) is 1. The Hall–Kier alpha value is -5.95. The van der Waals surface area contributed by atoms with Gasteiger partial charge in [0.15, 0.2) is 11.3 Å². The lowest BCUT2D eigenvalue weighted by Crippen LogP contribution is -2.68. The summed E-state index contributed by atoms with van der Waals surface area (Å²) in [5.74, 6) is 1.85. The van der Waals surface area contributed by atoms with Crippen LogP contribution in [0.25, 0.3) is 5.65 Å². The predicted molar refractivity (Wildman–Crippen MR) is 217 cm³/mol. The number of ether oxygens (including phenoxy) is 2. The normalized spacial score (nSPS) is 20.7. The number of imide groups is 1. The summed E-state index contributed by atoms with van der Waals surface area (Å²) in [6.07, 6.45) is 8.35. The Morgan fingerprint density at radius 3 is 2.36 bits per heavy atom. The van der Waals surface area contributed by atoms with Crippen molar-refractivity contribution in [3.05, 3.63) is 65.9 Å². The number of hydrogen-bond acceptors (Lipinski definition) is 12. The molecule has 1 aliphatic carbocycles. The Kier molecular flexibility index (Phi) is 9.91. The van der Waals surface area contributed by atoms with E-state index in [9.17, 15) is 19.6 Å². The number of imidazole rings is 1. The van der Waals surface area contributed by atoms with Gasteiger partial charge < -0.3 is 25.0 Å². The Morgan fingerprint density at radius 2 is 1.71 bits per heavy atom. The molecule has 4 aliphatic rings. The zero-order chi connectivity index (χ0) is 41.0. The van der Waals surface area contributed by atoms with Crippen LogP contribution in [0.5, 0.6) is 11.5 Å². The van der Waals surface area contributed by atoms with Crippen molar-refractivity contribution in [1.29, 1.82) is 5.26 Å². The third-order valence-corrected chi connectivity index (χ3v) is 12.7. The van der Waals surface area contributed by atoms with E-state index in [2.05, 4.69) is 75.9 Å². The molecular formula is C42H51N11O5. The lowest BCUT2D eigenvalue weighted by molar-refractivity contribution is -0.240. The van der Waals surface area contributed by atoms with E-state index in [4.69, 9.17) is 20.2 Å². The van der Waals surface area contributed by atoms with Crippen molar-refractivity contribution in [2.75, 3.05) is 74.2 Å². The number of urea groups is 1. The molecule has 1 aromatic carbocycles. The Morgan fingerprint density at radius 1 is 0.966 bits per heavy atom. The first-order valence-corrected chi connectivity index (χ1v) is 20.0. The van der Waals surface area contributed by atoms with Gasteiger partial charge in [0.1, 0.15) is 40.5 Å². The van der Waals surface area contributed by atoms with Gasteiger partial charge in [-0.05, 0) is 43.4 Å². The molecule has 16 nitrogen and oxygen atoms in total. The van der Waals surface area contributed by atoms with Crippen LogP contribution in [0, 0.1) is 28.1 Å². The van der Waals surface area contributed by atoms with Crippen molar-refractivity contribution in [3.63, 3.8) is 0 Å². The summed E-state index contributed by atoms with van der Waals surface area (Å²) in [7, 11) is 1.52. The van der Waals surface area contributed by atoms with E-state index in [1.165, 1.54) is 7.11 Å². The number of piperidine rings is 1. The number of hydrogen-bond donors (Lipinski definition) is 2. The number of nitrogens with zero attached hydrogens (tertiary/aromatic N) is 9. The molecule has 0 unspecified atom stereocenters. The maximum Gasteiger partial charge on any atom is 0.329 e. The van der Waals surface area contributed by atoms with Crippen molar-refractivity contribution < 1.29 is 23.9 Å². The van der Waals surface area contributed by atoms with E-state index >= 15 is 0 Å². The standard InChI is InChI=1S/C42H51N11O5/c1-40(2)26-41(3,4)42(40,58-30-7-6-28(22-43)31(21-30)57-5)37-36(38(44)55)46-23-33(47-37)51-12-8-27(9-13-51)25-49-16-18-50(19-17-49)29-10-14-52-32(20-29)45-24-35(52)53-15-11-34(54)48-39(53)56/h6-7,10,14,20-21,23-24,27H,8-9,11-13,15-19,25-26H2,1-5H3,(H2,44,55)(H,48,54,56). The molecule has 0 spiro atoms. The van der Waals surface area contributed by atoms with Gasteiger partial charge >= 0.3 is 6.03 Å². The molecule has 3 aromatic heterocycles. The number of rotatable bonds is 10. The molecule has 1 saturated carbocycles. The molecule has 4 aromatic rings. The molecule has 0 bridgehead atoms. The van der Waals surface area contributed by atoms with Crippen LogP contribution in [0.4, 0.5) is 22.1 Å². The topological polar surface area (TPSA) is 188 Å². The summed E-state index contributed by atoms with van der Waals surface area (Å²) in [6.45, 7) is 15.1. The summed E-state index contributed by atoms with van der Waals surface area (Å²) in [4.78, 5) is 60.2. The monoisotopic (exact) mass is 789 g/mol. The highest BCUT2D eigenvalue weighted by Crippen LogP contribution is 2.68. The second-order valence-electron chi connectivity index (χ2n) is 17.2. The molecule has 3 aliphatic heterocycles. The van der Waals surface area contributed by atoms with Crippen LogP contribution in [-0.4, -0.2) is 102 Å². The van der Waals surface area contributed by atoms with Gasteiger partial charge in [-0.1, -0.05) is 27.7 Å². The Labute approximate surface area is 337 Å². The third-order valence-electron chi connectivity index (χ3n) is 12.7. The lowest BCUT2D eigenvalue weighted by Gasteiger charge is -2.65. The van der Waals surface area contributed by atoms with Gasteiger partial charge in [-0.2, -0.15) is 5.26 Å². The van der Waals surface area contributed by atoms with E-state index in [0.29, 0.717) is 46.9 Å². The minimum atomic E-state index is -1.06. The molecule has 4 amide bonds. The summed E-state index contributed by atoms with van der Waals surface area (Å²) >= 11 is 0. The van der Waals surface area contributed by atoms with Crippen LogP contribution < -0.4 is 35.2 Å². The number of nitriles is 1. The van der Waals surface area contributed by atoms with Crippen molar-refractivity contribution in [2.45, 2.75) is 59.0 Å². The fourth-order valence-electron chi connectivity index (χ4n) is 10.1. The number of pyridine rings is 1. The van der Waals surface area contributed by atoms with Crippen LogP contribution in [0.2, 0.25) is 0 Å². The molecule has 6 heterocycles. The maximum atomic E-state index is 13.0. The molecule has 3 saturated heterocycles. The number of aromatic nitrogens is 4. The number of methoxy groups -OCH3 is 1. The van der Waals surface area contributed by atoms with Crippen molar-refractivity contribution in [2.24, 2.45) is 22.5 Å². The quantitative estimate of drug-likeness (QED) is 0.232. The maximum absolute atomic E-state index is 13.0. The number of benzene rings is 1. The predicted octanol–water partition coefficient (Wildman–Crippen LogP) is 4.32. The summed E-state index contributed by atoms with van der Waals surface area (Å²) in [6, 6.07) is 11.0. The average molecular weight is 790 g/mol. The number of carbonyl (C=O) groups excluding carboxylic acids is 3. The van der Waals surface area contributed by atoms with Gasteiger partial charge in [0.2, 0.25) is 5.91 Å². The Bertz CT molecular complexity index is 2290. The van der Waals surface area contributed by atoms with E-state index in [-0.39, 0.29) is 18.0 Å². The molecule has 3 N–H and O–H groups in total. The van der Waals surface area contributed by atoms with Crippen molar-refractivity contribution in [1.82, 2.24) is 29.6 Å². The van der Waals surface area contributed by atoms with Crippen molar-refractivity contribution in [3.8, 4) is 17.6 Å². The smallest absolute Gasteiger partial charge is 0.329 e. The van der Waals surface area contributed by atoms with Crippen molar-refractivity contribution >= 4 is 40.8 Å². The molecular weight excluding hydrogens is 739 g/mol. The number of fused-ring (bicyclic) bond motifs is 1. The first kappa shape index (κ1) is 38.9. The van der Waals surface area contributed by atoms with Crippen LogP contribution >= 0.6 is 0 Å². The van der Waals surface area contributed by atoms with E-state index in [0.717, 1.165) is 76.4 Å². The zero-order valence-corrected chi connectivity index (χ0v) is 33.8. The highest BCUT2D eigenvalue weighted by Gasteiger charge is 2.70. The van der Waals surface area contributed by atoms with Gasteiger partial charge in [0, 0.05) is 93.6 Å². The fourth-order valence-corrected chi connectivity index (χ4v) is 10.1. The number of anilines is 3. The Balaban J connectivity index is 0.921. The van der Waals surface area contributed by atoms with Gasteiger partial charge in [-0.15, -0.1) is 0 Å². The molecule has 4 fully saturated rings. The largest absolute Gasteiger partial charge is 0.495 e. The van der Waals surface area contributed by atoms with E-state index in [1.807, 2.05) is 10.6 Å². The molecule has 16 heteroatoms. The molecule has 8 rings (SSSR count). The zero-order valence-electron chi connectivity index (χ0n) is 33.8. The van der Waals surface area contributed by atoms with Crippen LogP contribution in [0.1, 0.15) is 75.1 Å². The first-order valence-electron chi connectivity index (χ1n) is 20.0. The minimum absolute atomic E-state index is 0.0962. The van der Waals surface area contributed by atoms with Crippen LogP contribution in [0.3, 0.4) is 0 Å². The molecule has 0 atom stereocenters. The summed E-state index contributed by atoms with van der Waals surface area (Å²) in [5.41, 5.74) is 6.79. The molecule has 0 radical (unpaired) electrons. The second kappa shape index (κ2) is 14.8. The van der Waals surface area contributed by atoms with Gasteiger partial charge in [-0.3, -0.25) is 29.1 Å². The average Bonchev–Trinajstić information content (AvgIpc) is 3.62.